The Morgan fingerprint density at radius 3 is 2.37 bits per heavy atom. The van der Waals surface area contributed by atoms with Crippen LogP contribution in [0.15, 0.2) is 42.5 Å². The molecule has 1 N–H and O–H groups in total. The molecule has 0 fully saturated rings. The van der Waals surface area contributed by atoms with E-state index in [2.05, 4.69) is 50.9 Å². The molecule has 0 aliphatic heterocycles. The van der Waals surface area contributed by atoms with Crippen LogP contribution in [0.3, 0.4) is 0 Å². The summed E-state index contributed by atoms with van der Waals surface area (Å²) in [6.45, 7) is 6.33. The number of hydrogen-bond donors (Lipinski definition) is 1. The summed E-state index contributed by atoms with van der Waals surface area (Å²) in [4.78, 5) is 2.20. The van der Waals surface area contributed by atoms with Gasteiger partial charge in [-0.15, -0.1) is 0 Å². The summed E-state index contributed by atoms with van der Waals surface area (Å²) in [6, 6.07) is 14.1. The van der Waals surface area contributed by atoms with Gasteiger partial charge in [-0.3, -0.25) is 0 Å². The maximum atomic E-state index is 9.96. The lowest BCUT2D eigenvalue weighted by atomic mass is 10.0. The lowest BCUT2D eigenvalue weighted by Crippen LogP contribution is -2.22. The van der Waals surface area contributed by atoms with Crippen molar-refractivity contribution in [3.63, 3.8) is 0 Å². The van der Waals surface area contributed by atoms with Crippen molar-refractivity contribution in [3.8, 4) is 5.75 Å². The first-order valence-corrected chi connectivity index (χ1v) is 6.58. The Morgan fingerprint density at radius 1 is 1.05 bits per heavy atom. The van der Waals surface area contributed by atoms with Gasteiger partial charge in [0.1, 0.15) is 5.75 Å². The zero-order chi connectivity index (χ0) is 14.0. The molecule has 2 rings (SSSR count). The van der Waals surface area contributed by atoms with Crippen molar-refractivity contribution in [3.05, 3.63) is 59.2 Å². The third-order valence-electron chi connectivity index (χ3n) is 3.70. The highest BCUT2D eigenvalue weighted by Gasteiger charge is 2.16. The zero-order valence-corrected chi connectivity index (χ0v) is 12.0. The minimum atomic E-state index is 0.127. The van der Waals surface area contributed by atoms with E-state index >= 15 is 0 Å². The molecule has 0 amide bonds. The van der Waals surface area contributed by atoms with Gasteiger partial charge in [0.25, 0.3) is 0 Å². The number of aryl methyl sites for hydroxylation is 2. The van der Waals surface area contributed by atoms with Crippen LogP contribution in [-0.2, 0) is 0 Å². The molecule has 0 bridgehead atoms. The fourth-order valence-electron chi connectivity index (χ4n) is 2.46. The maximum Gasteiger partial charge on any atom is 0.120 e. The molecular weight excluding hydrogens is 234 g/mol. The van der Waals surface area contributed by atoms with E-state index in [-0.39, 0.29) is 6.04 Å². The third-order valence-corrected chi connectivity index (χ3v) is 3.70. The van der Waals surface area contributed by atoms with Crippen molar-refractivity contribution in [1.82, 2.24) is 0 Å². The highest BCUT2D eigenvalue weighted by molar-refractivity contribution is 5.56. The molecule has 0 saturated heterocycles. The van der Waals surface area contributed by atoms with Gasteiger partial charge in [0.2, 0.25) is 0 Å². The highest BCUT2D eigenvalue weighted by Crippen LogP contribution is 2.32. The van der Waals surface area contributed by atoms with Crippen LogP contribution in [0.25, 0.3) is 0 Å². The van der Waals surface area contributed by atoms with E-state index in [1.807, 2.05) is 18.2 Å². The van der Waals surface area contributed by atoms with Crippen LogP contribution in [0.1, 0.15) is 29.7 Å². The van der Waals surface area contributed by atoms with Gasteiger partial charge in [0, 0.05) is 18.3 Å². The second kappa shape index (κ2) is 5.35. The molecule has 1 unspecified atom stereocenters. The zero-order valence-electron chi connectivity index (χ0n) is 12.0. The fraction of sp³-hybridized carbons (Fsp3) is 0.294. The van der Waals surface area contributed by atoms with E-state index in [0.29, 0.717) is 5.75 Å². The van der Waals surface area contributed by atoms with Crippen molar-refractivity contribution in [2.75, 3.05) is 11.9 Å². The number of para-hydroxylation sites is 1. The Hall–Kier alpha value is -1.96. The molecule has 0 aliphatic rings. The van der Waals surface area contributed by atoms with Crippen molar-refractivity contribution < 1.29 is 5.11 Å². The average Bonchev–Trinajstić information content (AvgIpc) is 2.38. The van der Waals surface area contributed by atoms with Gasteiger partial charge in [-0.1, -0.05) is 35.9 Å². The average molecular weight is 255 g/mol. The number of phenolic OH excluding ortho intramolecular Hbond substituents is 1. The van der Waals surface area contributed by atoms with Crippen molar-refractivity contribution in [2.24, 2.45) is 0 Å². The predicted octanol–water partition coefficient (Wildman–Crippen LogP) is 4.21. The Kier molecular flexibility index (Phi) is 3.79. The van der Waals surface area contributed by atoms with Crippen LogP contribution >= 0.6 is 0 Å². The molecule has 2 heteroatoms. The Bertz CT molecular complexity index is 577. The summed E-state index contributed by atoms with van der Waals surface area (Å²) in [5, 5.41) is 9.96. The first kappa shape index (κ1) is 13.5. The molecular formula is C17H21NO. The quantitative estimate of drug-likeness (QED) is 0.888. The number of hydrogen-bond acceptors (Lipinski definition) is 2. The fourth-order valence-corrected chi connectivity index (χ4v) is 2.46. The standard InChI is InChI=1S/C17H21NO/c1-12-9-10-16(13(2)11-12)18(4)14(3)15-7-5-6-8-17(15)19/h5-11,14,19H,1-4H3. The van der Waals surface area contributed by atoms with Crippen molar-refractivity contribution in [1.29, 1.82) is 0 Å². The molecule has 100 valence electrons. The number of aromatic hydroxyl groups is 1. The van der Waals surface area contributed by atoms with Gasteiger partial charge in [0.15, 0.2) is 0 Å². The highest BCUT2D eigenvalue weighted by atomic mass is 16.3. The molecule has 2 nitrogen and oxygen atoms in total. The summed E-state index contributed by atoms with van der Waals surface area (Å²) in [6.07, 6.45) is 0. The first-order chi connectivity index (χ1) is 9.00. The molecule has 0 spiro atoms. The smallest absolute Gasteiger partial charge is 0.120 e. The van der Waals surface area contributed by atoms with Crippen molar-refractivity contribution in [2.45, 2.75) is 26.8 Å². The number of benzene rings is 2. The number of phenols is 1. The van der Waals surface area contributed by atoms with E-state index in [1.54, 1.807) is 6.07 Å². The van der Waals surface area contributed by atoms with Crippen molar-refractivity contribution >= 4 is 5.69 Å². The predicted molar refractivity (Wildman–Crippen MR) is 80.8 cm³/mol. The molecule has 0 heterocycles. The third kappa shape index (κ3) is 2.73. The van der Waals surface area contributed by atoms with Gasteiger partial charge in [-0.25, -0.2) is 0 Å². The summed E-state index contributed by atoms with van der Waals surface area (Å²) >= 11 is 0. The molecule has 0 saturated carbocycles. The molecule has 0 aliphatic carbocycles. The number of anilines is 1. The minimum Gasteiger partial charge on any atom is -0.508 e. The monoisotopic (exact) mass is 255 g/mol. The number of nitrogens with zero attached hydrogens (tertiary/aromatic N) is 1. The van der Waals surface area contributed by atoms with E-state index in [0.717, 1.165) is 5.56 Å². The van der Waals surface area contributed by atoms with E-state index in [1.165, 1.54) is 16.8 Å². The van der Waals surface area contributed by atoms with Gasteiger partial charge < -0.3 is 10.0 Å². The van der Waals surface area contributed by atoms with E-state index in [9.17, 15) is 5.11 Å². The van der Waals surface area contributed by atoms with Gasteiger partial charge in [-0.2, -0.15) is 0 Å². The Labute approximate surface area is 115 Å². The lowest BCUT2D eigenvalue weighted by molar-refractivity contribution is 0.462. The minimum absolute atomic E-state index is 0.127. The molecule has 2 aromatic rings. The van der Waals surface area contributed by atoms with Crippen LogP contribution < -0.4 is 4.90 Å². The molecule has 0 aromatic heterocycles. The van der Waals surface area contributed by atoms with Crippen LogP contribution in [0.2, 0.25) is 0 Å². The molecule has 0 radical (unpaired) electrons. The van der Waals surface area contributed by atoms with Crippen LogP contribution in [-0.4, -0.2) is 12.2 Å². The maximum absolute atomic E-state index is 9.96. The van der Waals surface area contributed by atoms with Crippen LogP contribution in [0, 0.1) is 13.8 Å². The van der Waals surface area contributed by atoms with Crippen LogP contribution in [0.4, 0.5) is 5.69 Å². The van der Waals surface area contributed by atoms with Crippen LogP contribution in [0.5, 0.6) is 5.75 Å². The summed E-state index contributed by atoms with van der Waals surface area (Å²) in [7, 11) is 2.06. The molecule has 19 heavy (non-hydrogen) atoms. The summed E-state index contributed by atoms with van der Waals surface area (Å²) in [5.41, 5.74) is 4.67. The Morgan fingerprint density at radius 2 is 1.74 bits per heavy atom. The molecule has 1 atom stereocenters. The van der Waals surface area contributed by atoms with E-state index in [4.69, 9.17) is 0 Å². The first-order valence-electron chi connectivity index (χ1n) is 6.58. The SMILES string of the molecule is Cc1ccc(N(C)C(C)c2ccccc2O)c(C)c1. The normalized spacial score (nSPS) is 12.2. The second-order valence-electron chi connectivity index (χ2n) is 5.14. The molecule has 2 aromatic carbocycles. The topological polar surface area (TPSA) is 23.5 Å². The summed E-state index contributed by atoms with van der Waals surface area (Å²) in [5.74, 6) is 0.353. The van der Waals surface area contributed by atoms with Gasteiger partial charge in [0.05, 0.1) is 6.04 Å². The van der Waals surface area contributed by atoms with Gasteiger partial charge >= 0.3 is 0 Å². The number of rotatable bonds is 3. The summed E-state index contributed by atoms with van der Waals surface area (Å²) < 4.78 is 0. The van der Waals surface area contributed by atoms with E-state index < -0.39 is 0 Å². The van der Waals surface area contributed by atoms with Gasteiger partial charge in [-0.05, 0) is 38.5 Å². The largest absolute Gasteiger partial charge is 0.508 e. The second-order valence-corrected chi connectivity index (χ2v) is 5.14. The lowest BCUT2D eigenvalue weighted by Gasteiger charge is -2.29. The Balaban J connectivity index is 2.33.